The molecule has 4 N–H and O–H groups in total. The fourth-order valence-corrected chi connectivity index (χ4v) is 2.36. The number of aromatic nitrogens is 1. The minimum atomic E-state index is -0.853. The Hall–Kier alpha value is -2.22. The van der Waals surface area contributed by atoms with Gasteiger partial charge in [-0.1, -0.05) is 17.4 Å². The zero-order chi connectivity index (χ0) is 14.7. The lowest BCUT2D eigenvalue weighted by Gasteiger charge is -2.06. The molecule has 0 bridgehead atoms. The van der Waals surface area contributed by atoms with Gasteiger partial charge in [-0.25, -0.2) is 13.8 Å². The molecule has 2 rings (SSSR count). The van der Waals surface area contributed by atoms with Crippen LogP contribution in [0.2, 0.25) is 0 Å². The third kappa shape index (κ3) is 2.85. The minimum Gasteiger partial charge on any atom is -0.382 e. The Morgan fingerprint density at radius 3 is 2.65 bits per heavy atom. The Bertz CT molecular complexity index is 624. The first-order valence-corrected chi connectivity index (χ1v) is 6.60. The quantitative estimate of drug-likeness (QED) is 0.810. The number of hydrogen-bond acceptors (Lipinski definition) is 5. The maximum absolute atomic E-state index is 13.4. The highest BCUT2D eigenvalue weighted by atomic mass is 32.1. The lowest BCUT2D eigenvalue weighted by molar-refractivity contribution is 0.103. The molecule has 1 aromatic heterocycles. The van der Waals surface area contributed by atoms with Crippen LogP contribution < -0.4 is 16.4 Å². The number of halogens is 2. The predicted octanol–water partition coefficient (Wildman–Crippen LogP) is 2.69. The van der Waals surface area contributed by atoms with Crippen LogP contribution in [0.1, 0.15) is 16.6 Å². The van der Waals surface area contributed by atoms with Gasteiger partial charge in [-0.2, -0.15) is 0 Å². The van der Waals surface area contributed by atoms with Gasteiger partial charge in [0.2, 0.25) is 0 Å². The summed E-state index contributed by atoms with van der Waals surface area (Å²) in [5, 5.41) is 5.55. The van der Waals surface area contributed by atoms with Gasteiger partial charge in [0.25, 0.3) is 5.91 Å². The number of thiazole rings is 1. The number of rotatable bonds is 4. The second-order valence-electron chi connectivity index (χ2n) is 3.81. The van der Waals surface area contributed by atoms with Crippen molar-refractivity contribution >= 4 is 33.9 Å². The van der Waals surface area contributed by atoms with Crippen LogP contribution in [-0.2, 0) is 0 Å². The summed E-state index contributed by atoms with van der Waals surface area (Å²) in [4.78, 5) is 16.0. The van der Waals surface area contributed by atoms with Gasteiger partial charge in [0.05, 0.1) is 0 Å². The molecule has 106 valence electrons. The van der Waals surface area contributed by atoms with Crippen LogP contribution in [-0.4, -0.2) is 17.4 Å². The summed E-state index contributed by atoms with van der Waals surface area (Å²) < 4.78 is 26.9. The molecule has 0 fully saturated rings. The van der Waals surface area contributed by atoms with Crippen molar-refractivity contribution in [1.82, 2.24) is 4.98 Å². The minimum absolute atomic E-state index is 0.0141. The molecular formula is C12H12F2N4OS. The second kappa shape index (κ2) is 5.83. The van der Waals surface area contributed by atoms with E-state index in [1.165, 1.54) is 6.07 Å². The fraction of sp³-hybridized carbons (Fsp3) is 0.167. The highest BCUT2D eigenvalue weighted by Gasteiger charge is 2.19. The molecule has 0 unspecified atom stereocenters. The second-order valence-corrected chi connectivity index (χ2v) is 4.81. The van der Waals surface area contributed by atoms with Crippen molar-refractivity contribution in [3.05, 3.63) is 34.7 Å². The number of nitrogens with one attached hydrogen (secondary N) is 2. The maximum Gasteiger partial charge on any atom is 0.269 e. The van der Waals surface area contributed by atoms with E-state index in [4.69, 9.17) is 5.73 Å². The van der Waals surface area contributed by atoms with Gasteiger partial charge >= 0.3 is 0 Å². The molecule has 2 aromatic rings. The number of amides is 1. The van der Waals surface area contributed by atoms with Gasteiger partial charge in [-0.15, -0.1) is 0 Å². The van der Waals surface area contributed by atoms with Crippen molar-refractivity contribution < 1.29 is 13.6 Å². The zero-order valence-corrected chi connectivity index (χ0v) is 11.4. The summed E-state index contributed by atoms with van der Waals surface area (Å²) >= 11 is 1.02. The van der Waals surface area contributed by atoms with Gasteiger partial charge in [0.15, 0.2) is 5.13 Å². The van der Waals surface area contributed by atoms with Crippen LogP contribution >= 0.6 is 11.3 Å². The standard InChI is InChI=1S/C12H12F2N4OS/c1-2-16-12-18-10(15)9(20-12)11(19)17-8-6(13)4-3-5-7(8)14/h3-5H,2,15H2,1H3,(H,16,18)(H,17,19). The van der Waals surface area contributed by atoms with E-state index >= 15 is 0 Å². The normalized spacial score (nSPS) is 10.3. The van der Waals surface area contributed by atoms with Crippen LogP contribution in [0.3, 0.4) is 0 Å². The number of benzene rings is 1. The van der Waals surface area contributed by atoms with Gasteiger partial charge in [0.1, 0.15) is 28.0 Å². The van der Waals surface area contributed by atoms with Crippen LogP contribution in [0.4, 0.5) is 25.4 Å². The Morgan fingerprint density at radius 1 is 1.40 bits per heavy atom. The van der Waals surface area contributed by atoms with E-state index in [-0.39, 0.29) is 10.7 Å². The monoisotopic (exact) mass is 298 g/mol. The van der Waals surface area contributed by atoms with E-state index < -0.39 is 23.2 Å². The number of carbonyl (C=O) groups is 1. The maximum atomic E-state index is 13.4. The molecule has 0 aliphatic heterocycles. The summed E-state index contributed by atoms with van der Waals surface area (Å²) in [6.07, 6.45) is 0. The summed E-state index contributed by atoms with van der Waals surface area (Å²) in [7, 11) is 0. The lowest BCUT2D eigenvalue weighted by Crippen LogP contribution is -2.14. The fourth-order valence-electron chi connectivity index (χ4n) is 1.51. The number of nitrogen functional groups attached to an aromatic ring is 1. The van der Waals surface area contributed by atoms with Crippen LogP contribution in [0.15, 0.2) is 18.2 Å². The topological polar surface area (TPSA) is 80.0 Å². The van der Waals surface area contributed by atoms with Crippen molar-refractivity contribution in [2.45, 2.75) is 6.92 Å². The van der Waals surface area contributed by atoms with Gasteiger partial charge in [-0.05, 0) is 19.1 Å². The highest BCUT2D eigenvalue weighted by molar-refractivity contribution is 7.18. The van der Waals surface area contributed by atoms with Crippen molar-refractivity contribution in [3.63, 3.8) is 0 Å². The number of anilines is 3. The number of carbonyl (C=O) groups excluding carboxylic acids is 1. The molecule has 0 aliphatic rings. The average Bonchev–Trinajstić information content (AvgIpc) is 2.75. The number of hydrogen-bond donors (Lipinski definition) is 3. The van der Waals surface area contributed by atoms with E-state index in [0.29, 0.717) is 11.7 Å². The first-order valence-electron chi connectivity index (χ1n) is 5.78. The molecular weight excluding hydrogens is 286 g/mol. The van der Waals surface area contributed by atoms with E-state index in [0.717, 1.165) is 23.5 Å². The number of nitrogens with two attached hydrogens (primary N) is 1. The van der Waals surface area contributed by atoms with E-state index in [1.54, 1.807) is 0 Å². The molecule has 1 heterocycles. The lowest BCUT2D eigenvalue weighted by atomic mass is 10.3. The van der Waals surface area contributed by atoms with Crippen molar-refractivity contribution in [2.75, 3.05) is 22.9 Å². The zero-order valence-electron chi connectivity index (χ0n) is 10.5. The van der Waals surface area contributed by atoms with E-state index in [2.05, 4.69) is 15.6 Å². The summed E-state index contributed by atoms with van der Waals surface area (Å²) in [5.41, 5.74) is 5.11. The third-order valence-electron chi connectivity index (χ3n) is 2.39. The van der Waals surface area contributed by atoms with Crippen LogP contribution in [0.5, 0.6) is 0 Å². The summed E-state index contributed by atoms with van der Waals surface area (Å²) in [6.45, 7) is 2.49. The van der Waals surface area contributed by atoms with Gasteiger partial charge in [0, 0.05) is 6.54 Å². The first kappa shape index (κ1) is 14.2. The predicted molar refractivity (Wildman–Crippen MR) is 75.0 cm³/mol. The number of para-hydroxylation sites is 1. The molecule has 20 heavy (non-hydrogen) atoms. The smallest absolute Gasteiger partial charge is 0.269 e. The van der Waals surface area contributed by atoms with Gasteiger partial charge in [-0.3, -0.25) is 4.79 Å². The van der Waals surface area contributed by atoms with Gasteiger partial charge < -0.3 is 16.4 Å². The Kier molecular flexibility index (Phi) is 4.14. The third-order valence-corrected chi connectivity index (χ3v) is 3.42. The SMILES string of the molecule is CCNc1nc(N)c(C(=O)Nc2c(F)cccc2F)s1. The molecule has 0 saturated heterocycles. The Morgan fingerprint density at radius 2 is 2.05 bits per heavy atom. The molecule has 0 radical (unpaired) electrons. The van der Waals surface area contributed by atoms with Crippen LogP contribution in [0.25, 0.3) is 0 Å². The number of nitrogens with zero attached hydrogens (tertiary/aromatic N) is 1. The van der Waals surface area contributed by atoms with Crippen molar-refractivity contribution in [2.24, 2.45) is 0 Å². The largest absolute Gasteiger partial charge is 0.382 e. The molecule has 0 spiro atoms. The van der Waals surface area contributed by atoms with E-state index in [1.807, 2.05) is 6.92 Å². The first-order chi connectivity index (χ1) is 9.52. The molecule has 5 nitrogen and oxygen atoms in total. The molecule has 8 heteroatoms. The molecule has 0 aliphatic carbocycles. The molecule has 0 saturated carbocycles. The van der Waals surface area contributed by atoms with Crippen LogP contribution in [0, 0.1) is 11.6 Å². The highest BCUT2D eigenvalue weighted by Crippen LogP contribution is 2.27. The molecule has 1 aromatic carbocycles. The van der Waals surface area contributed by atoms with Crippen molar-refractivity contribution in [1.29, 1.82) is 0 Å². The average molecular weight is 298 g/mol. The summed E-state index contributed by atoms with van der Waals surface area (Å²) in [5.74, 6) is -2.39. The molecule has 1 amide bonds. The van der Waals surface area contributed by atoms with E-state index in [9.17, 15) is 13.6 Å². The Balaban J connectivity index is 2.24. The Labute approximate surface area is 117 Å². The summed E-state index contributed by atoms with van der Waals surface area (Å²) in [6, 6.07) is 3.32. The molecule has 0 atom stereocenters. The van der Waals surface area contributed by atoms with Crippen molar-refractivity contribution in [3.8, 4) is 0 Å².